The SMILES string of the molecule is Cc1c(CNC2=NCC(c3nc(C(F)(F)F)cs3)CC2)[nH]c2c(c1=O)CC=CC=C2. The Morgan fingerprint density at radius 1 is 1.33 bits per heavy atom. The summed E-state index contributed by atoms with van der Waals surface area (Å²) in [5, 5.41) is 4.82. The van der Waals surface area contributed by atoms with Gasteiger partial charge in [0.05, 0.1) is 23.9 Å². The summed E-state index contributed by atoms with van der Waals surface area (Å²) in [6.07, 6.45) is 5.20. The summed E-state index contributed by atoms with van der Waals surface area (Å²) in [6, 6.07) is 0. The Balaban J connectivity index is 1.42. The molecular weight excluding hydrogens is 413 g/mol. The lowest BCUT2D eigenvalue weighted by atomic mass is 10.0. The topological polar surface area (TPSA) is 70.1 Å². The number of aromatic amines is 1. The third kappa shape index (κ3) is 4.26. The number of halogens is 3. The minimum Gasteiger partial charge on any atom is -0.368 e. The lowest BCUT2D eigenvalue weighted by Crippen LogP contribution is -2.29. The Hall–Kier alpha value is -2.68. The Kier molecular flexibility index (Phi) is 5.64. The van der Waals surface area contributed by atoms with Crippen molar-refractivity contribution in [3.63, 3.8) is 0 Å². The Morgan fingerprint density at radius 3 is 2.87 bits per heavy atom. The predicted octanol–water partition coefficient (Wildman–Crippen LogP) is 4.35. The molecule has 2 aromatic rings. The molecule has 1 atom stereocenters. The van der Waals surface area contributed by atoms with E-state index in [2.05, 4.69) is 20.3 Å². The van der Waals surface area contributed by atoms with Crippen molar-refractivity contribution in [2.24, 2.45) is 4.99 Å². The maximum atomic E-state index is 12.8. The van der Waals surface area contributed by atoms with Crippen molar-refractivity contribution in [2.75, 3.05) is 6.54 Å². The third-order valence-electron chi connectivity index (χ3n) is 5.37. The lowest BCUT2D eigenvalue weighted by Gasteiger charge is -2.21. The van der Waals surface area contributed by atoms with Gasteiger partial charge in [0, 0.05) is 40.2 Å². The number of nitrogens with zero attached hydrogens (tertiary/aromatic N) is 2. The molecule has 158 valence electrons. The van der Waals surface area contributed by atoms with Crippen LogP contribution in [0.3, 0.4) is 0 Å². The zero-order valence-corrected chi connectivity index (χ0v) is 17.2. The first-order valence-corrected chi connectivity index (χ1v) is 10.6. The van der Waals surface area contributed by atoms with E-state index < -0.39 is 11.9 Å². The van der Waals surface area contributed by atoms with Gasteiger partial charge in [-0.25, -0.2) is 4.98 Å². The van der Waals surface area contributed by atoms with Crippen LogP contribution in [0.5, 0.6) is 0 Å². The first-order valence-electron chi connectivity index (χ1n) is 9.70. The van der Waals surface area contributed by atoms with E-state index in [1.54, 1.807) is 0 Å². The average Bonchev–Trinajstić information content (AvgIpc) is 3.11. The Morgan fingerprint density at radius 2 is 2.17 bits per heavy atom. The van der Waals surface area contributed by atoms with E-state index in [1.165, 1.54) is 0 Å². The molecule has 0 saturated heterocycles. The van der Waals surface area contributed by atoms with E-state index in [-0.39, 0.29) is 11.3 Å². The maximum Gasteiger partial charge on any atom is 0.434 e. The number of thiazole rings is 1. The first kappa shape index (κ1) is 20.6. The molecule has 0 fully saturated rings. The number of pyridine rings is 1. The molecule has 2 aromatic heterocycles. The van der Waals surface area contributed by atoms with Crippen LogP contribution in [-0.4, -0.2) is 22.3 Å². The largest absolute Gasteiger partial charge is 0.434 e. The summed E-state index contributed by atoms with van der Waals surface area (Å²) in [7, 11) is 0. The summed E-state index contributed by atoms with van der Waals surface area (Å²) in [6.45, 7) is 2.66. The zero-order valence-electron chi connectivity index (χ0n) is 16.3. The summed E-state index contributed by atoms with van der Waals surface area (Å²) >= 11 is 1.04. The van der Waals surface area contributed by atoms with Gasteiger partial charge in [0.1, 0.15) is 0 Å². The van der Waals surface area contributed by atoms with E-state index in [0.29, 0.717) is 42.9 Å². The van der Waals surface area contributed by atoms with Crippen LogP contribution in [0.15, 0.2) is 33.4 Å². The molecule has 2 N–H and O–H groups in total. The van der Waals surface area contributed by atoms with Crippen LogP contribution < -0.4 is 10.7 Å². The van der Waals surface area contributed by atoms with E-state index >= 15 is 0 Å². The van der Waals surface area contributed by atoms with Gasteiger partial charge in [0.2, 0.25) is 0 Å². The van der Waals surface area contributed by atoms with Crippen molar-refractivity contribution in [2.45, 2.75) is 44.8 Å². The van der Waals surface area contributed by atoms with E-state index in [9.17, 15) is 18.0 Å². The molecule has 5 nitrogen and oxygen atoms in total. The number of fused-ring (bicyclic) bond motifs is 1. The van der Waals surface area contributed by atoms with Crippen LogP contribution >= 0.6 is 11.3 Å². The molecule has 1 aliphatic carbocycles. The number of rotatable bonds is 3. The van der Waals surface area contributed by atoms with Gasteiger partial charge in [-0.3, -0.25) is 9.79 Å². The molecule has 9 heteroatoms. The zero-order chi connectivity index (χ0) is 21.3. The van der Waals surface area contributed by atoms with Gasteiger partial charge >= 0.3 is 6.18 Å². The molecule has 1 aliphatic heterocycles. The summed E-state index contributed by atoms with van der Waals surface area (Å²) in [4.78, 5) is 24.3. The summed E-state index contributed by atoms with van der Waals surface area (Å²) in [5.41, 5.74) is 2.29. The number of H-pyrrole nitrogens is 1. The second-order valence-corrected chi connectivity index (χ2v) is 8.28. The maximum absolute atomic E-state index is 12.8. The third-order valence-corrected chi connectivity index (χ3v) is 6.38. The van der Waals surface area contributed by atoms with Gasteiger partial charge < -0.3 is 10.3 Å². The molecule has 4 rings (SSSR count). The highest BCUT2D eigenvalue weighted by Crippen LogP contribution is 2.34. The van der Waals surface area contributed by atoms with Crippen molar-refractivity contribution < 1.29 is 13.2 Å². The number of nitrogens with one attached hydrogen (secondary N) is 2. The Labute approximate surface area is 175 Å². The second-order valence-electron chi connectivity index (χ2n) is 7.39. The van der Waals surface area contributed by atoms with E-state index in [4.69, 9.17) is 0 Å². The van der Waals surface area contributed by atoms with Crippen molar-refractivity contribution >= 4 is 23.2 Å². The number of alkyl halides is 3. The van der Waals surface area contributed by atoms with Gasteiger partial charge in [0.15, 0.2) is 11.1 Å². The second kappa shape index (κ2) is 8.22. The van der Waals surface area contributed by atoms with Crippen LogP contribution in [0.2, 0.25) is 0 Å². The van der Waals surface area contributed by atoms with Gasteiger partial charge in [-0.15, -0.1) is 11.3 Å². The number of amidine groups is 1. The van der Waals surface area contributed by atoms with Crippen molar-refractivity contribution in [1.29, 1.82) is 0 Å². The highest BCUT2D eigenvalue weighted by atomic mass is 32.1. The van der Waals surface area contributed by atoms with E-state index in [0.717, 1.165) is 39.5 Å². The molecule has 2 aliphatic rings. The van der Waals surface area contributed by atoms with Crippen LogP contribution in [-0.2, 0) is 19.1 Å². The average molecular weight is 434 g/mol. The minimum atomic E-state index is -4.41. The fourth-order valence-corrected chi connectivity index (χ4v) is 4.55. The van der Waals surface area contributed by atoms with Crippen LogP contribution in [0.4, 0.5) is 13.2 Å². The van der Waals surface area contributed by atoms with Crippen LogP contribution in [0.25, 0.3) is 6.08 Å². The molecule has 30 heavy (non-hydrogen) atoms. The van der Waals surface area contributed by atoms with Crippen LogP contribution in [0.1, 0.15) is 52.0 Å². The molecule has 0 saturated carbocycles. The van der Waals surface area contributed by atoms with Crippen molar-refractivity contribution in [3.05, 3.63) is 67.0 Å². The van der Waals surface area contributed by atoms with Crippen LogP contribution in [0, 0.1) is 6.92 Å². The Bertz CT molecular complexity index is 1090. The van der Waals surface area contributed by atoms with Gasteiger partial charge in [-0.05, 0) is 25.8 Å². The summed E-state index contributed by atoms with van der Waals surface area (Å²) < 4.78 is 38.3. The van der Waals surface area contributed by atoms with E-state index in [1.807, 2.05) is 31.2 Å². The normalized spacial score (nSPS) is 18.7. The predicted molar refractivity (Wildman–Crippen MR) is 112 cm³/mol. The van der Waals surface area contributed by atoms with Crippen molar-refractivity contribution in [1.82, 2.24) is 15.3 Å². The molecule has 3 heterocycles. The standard InChI is InChI=1S/C21H21F3N4OS/c1-12-16(27-15-6-4-2-3-5-14(15)19(12)29)10-26-18-8-7-13(9-25-18)20-28-17(11-30-20)21(22,23)24/h2-4,6,11,13H,5,7-10H2,1H3,(H,25,26)(H,27,29). The number of hydrogen-bond acceptors (Lipinski definition) is 5. The molecule has 0 amide bonds. The molecule has 0 aromatic carbocycles. The number of aromatic nitrogens is 2. The number of allylic oxidation sites excluding steroid dienone is 3. The molecule has 0 bridgehead atoms. The minimum absolute atomic E-state index is 0.0478. The van der Waals surface area contributed by atoms with Gasteiger partial charge in [-0.2, -0.15) is 13.2 Å². The fourth-order valence-electron chi connectivity index (χ4n) is 3.60. The molecular formula is C21H21F3N4OS. The smallest absolute Gasteiger partial charge is 0.368 e. The molecule has 0 spiro atoms. The number of hydrogen-bond donors (Lipinski definition) is 2. The lowest BCUT2D eigenvalue weighted by molar-refractivity contribution is -0.140. The first-order chi connectivity index (χ1) is 14.3. The van der Waals surface area contributed by atoms with Crippen molar-refractivity contribution in [3.8, 4) is 0 Å². The molecule has 1 unspecified atom stereocenters. The highest BCUT2D eigenvalue weighted by Gasteiger charge is 2.34. The number of aliphatic imine (C=N–C) groups is 1. The monoisotopic (exact) mass is 434 g/mol. The highest BCUT2D eigenvalue weighted by molar-refractivity contribution is 7.09. The summed E-state index contributed by atoms with van der Waals surface area (Å²) in [5.74, 6) is 0.703. The fraction of sp³-hybridized carbons (Fsp3) is 0.381. The van der Waals surface area contributed by atoms with Gasteiger partial charge in [-0.1, -0.05) is 18.2 Å². The van der Waals surface area contributed by atoms with Gasteiger partial charge in [0.25, 0.3) is 0 Å². The quantitative estimate of drug-likeness (QED) is 0.755. The molecule has 0 radical (unpaired) electrons.